The zero-order chi connectivity index (χ0) is 13.8. The number of ether oxygens (including phenoxy) is 1. The van der Waals surface area contributed by atoms with Gasteiger partial charge < -0.3 is 9.84 Å². The molecule has 1 aromatic rings. The molecular weight excluding hydrogens is 242 g/mol. The van der Waals surface area contributed by atoms with Gasteiger partial charge in [-0.1, -0.05) is 31.2 Å². The number of carboxylic acids is 1. The average molecular weight is 263 g/mol. The van der Waals surface area contributed by atoms with Gasteiger partial charge in [-0.3, -0.25) is 9.69 Å². The molecule has 1 heterocycles. The number of aliphatic carboxylic acids is 1. The minimum atomic E-state index is -0.767. The third-order valence-electron chi connectivity index (χ3n) is 3.61. The Labute approximate surface area is 114 Å². The summed E-state index contributed by atoms with van der Waals surface area (Å²) in [5.74, 6) is -0.436. The number of carboxylic acid groups (broad SMARTS) is 1. The van der Waals surface area contributed by atoms with Crippen molar-refractivity contribution in [2.75, 3.05) is 26.8 Å². The molecule has 1 aromatic carbocycles. The highest BCUT2D eigenvalue weighted by Crippen LogP contribution is 2.30. The fourth-order valence-corrected chi connectivity index (χ4v) is 2.84. The van der Waals surface area contributed by atoms with Gasteiger partial charge in [-0.15, -0.1) is 0 Å². The fraction of sp³-hybridized carbons (Fsp3) is 0.533. The molecule has 19 heavy (non-hydrogen) atoms. The van der Waals surface area contributed by atoms with Gasteiger partial charge in [0.1, 0.15) is 6.04 Å². The van der Waals surface area contributed by atoms with Crippen molar-refractivity contribution in [1.82, 2.24) is 4.90 Å². The van der Waals surface area contributed by atoms with Crippen molar-refractivity contribution in [3.8, 4) is 0 Å². The normalized spacial score (nSPS) is 20.8. The SMILES string of the molecule is COCC(C)CN1CCc2ccccc2C1C(=O)O. The van der Waals surface area contributed by atoms with Crippen LogP contribution in [0.3, 0.4) is 0 Å². The van der Waals surface area contributed by atoms with Crippen molar-refractivity contribution in [2.24, 2.45) is 5.92 Å². The van der Waals surface area contributed by atoms with Crippen molar-refractivity contribution >= 4 is 5.97 Å². The number of nitrogens with zero attached hydrogens (tertiary/aromatic N) is 1. The van der Waals surface area contributed by atoms with Crippen LogP contribution in [-0.4, -0.2) is 42.8 Å². The molecule has 1 N–H and O–H groups in total. The molecule has 0 radical (unpaired) electrons. The van der Waals surface area contributed by atoms with E-state index in [9.17, 15) is 9.90 Å². The van der Waals surface area contributed by atoms with Gasteiger partial charge in [-0.2, -0.15) is 0 Å². The molecule has 4 heteroatoms. The Balaban J connectivity index is 2.20. The predicted molar refractivity (Wildman–Crippen MR) is 73.1 cm³/mol. The highest BCUT2D eigenvalue weighted by Gasteiger charge is 2.33. The number of methoxy groups -OCH3 is 1. The summed E-state index contributed by atoms with van der Waals surface area (Å²) in [6.45, 7) is 4.29. The summed E-state index contributed by atoms with van der Waals surface area (Å²) < 4.78 is 5.14. The van der Waals surface area contributed by atoms with Gasteiger partial charge in [0, 0.05) is 26.8 Å². The number of rotatable bonds is 5. The number of fused-ring (bicyclic) bond motifs is 1. The van der Waals surface area contributed by atoms with Gasteiger partial charge in [-0.05, 0) is 23.5 Å². The lowest BCUT2D eigenvalue weighted by Gasteiger charge is -2.36. The summed E-state index contributed by atoms with van der Waals surface area (Å²) in [6.07, 6.45) is 0.916. The zero-order valence-electron chi connectivity index (χ0n) is 11.5. The Hall–Kier alpha value is -1.39. The Morgan fingerprint density at radius 1 is 1.53 bits per heavy atom. The Morgan fingerprint density at radius 3 is 2.95 bits per heavy atom. The summed E-state index contributed by atoms with van der Waals surface area (Å²) in [7, 11) is 1.68. The lowest BCUT2D eigenvalue weighted by atomic mass is 9.92. The Kier molecular flexibility index (Phi) is 4.56. The second-order valence-electron chi connectivity index (χ2n) is 5.25. The highest BCUT2D eigenvalue weighted by atomic mass is 16.5. The smallest absolute Gasteiger partial charge is 0.325 e. The molecule has 1 aliphatic rings. The van der Waals surface area contributed by atoms with Crippen LogP contribution in [0.2, 0.25) is 0 Å². The predicted octanol–water partition coefficient (Wildman–Crippen LogP) is 1.95. The number of carbonyl (C=O) groups is 1. The third-order valence-corrected chi connectivity index (χ3v) is 3.61. The Morgan fingerprint density at radius 2 is 2.26 bits per heavy atom. The molecule has 0 amide bonds. The first-order valence-corrected chi connectivity index (χ1v) is 6.67. The number of hydrogen-bond acceptors (Lipinski definition) is 3. The standard InChI is InChI=1S/C15H21NO3/c1-11(10-19-2)9-16-8-7-12-5-3-4-6-13(12)14(16)15(17)18/h3-6,11,14H,7-10H2,1-2H3,(H,17,18). The Bertz CT molecular complexity index is 447. The topological polar surface area (TPSA) is 49.8 Å². The molecule has 0 saturated heterocycles. The molecule has 1 aliphatic heterocycles. The van der Waals surface area contributed by atoms with Crippen LogP contribution in [0.25, 0.3) is 0 Å². The summed E-state index contributed by atoms with van der Waals surface area (Å²) in [4.78, 5) is 13.6. The van der Waals surface area contributed by atoms with E-state index in [1.807, 2.05) is 29.2 Å². The molecule has 0 aromatic heterocycles. The maximum atomic E-state index is 11.6. The van der Waals surface area contributed by atoms with Gasteiger partial charge >= 0.3 is 5.97 Å². The molecular formula is C15H21NO3. The highest BCUT2D eigenvalue weighted by molar-refractivity contribution is 5.76. The first-order valence-electron chi connectivity index (χ1n) is 6.67. The molecule has 0 fully saturated rings. The second-order valence-corrected chi connectivity index (χ2v) is 5.25. The van der Waals surface area contributed by atoms with Crippen molar-refractivity contribution in [3.05, 3.63) is 35.4 Å². The zero-order valence-corrected chi connectivity index (χ0v) is 11.5. The van der Waals surface area contributed by atoms with Crippen LogP contribution in [0.1, 0.15) is 24.1 Å². The van der Waals surface area contributed by atoms with Crippen molar-refractivity contribution < 1.29 is 14.6 Å². The van der Waals surface area contributed by atoms with Crippen LogP contribution in [-0.2, 0) is 16.0 Å². The van der Waals surface area contributed by atoms with Crippen molar-refractivity contribution in [1.29, 1.82) is 0 Å². The summed E-state index contributed by atoms with van der Waals surface area (Å²) >= 11 is 0. The first-order chi connectivity index (χ1) is 9.13. The molecule has 2 unspecified atom stereocenters. The summed E-state index contributed by atoms with van der Waals surface area (Å²) in [5, 5.41) is 9.53. The molecule has 2 atom stereocenters. The fourth-order valence-electron chi connectivity index (χ4n) is 2.84. The molecule has 0 saturated carbocycles. The molecule has 2 rings (SSSR count). The van der Waals surface area contributed by atoms with E-state index in [2.05, 4.69) is 6.92 Å². The van der Waals surface area contributed by atoms with Gasteiger partial charge in [-0.25, -0.2) is 0 Å². The van der Waals surface area contributed by atoms with Crippen LogP contribution >= 0.6 is 0 Å². The van der Waals surface area contributed by atoms with Crippen LogP contribution in [0.4, 0.5) is 0 Å². The molecule has 0 aliphatic carbocycles. The van der Waals surface area contributed by atoms with E-state index < -0.39 is 12.0 Å². The maximum absolute atomic E-state index is 11.6. The first kappa shape index (κ1) is 14.0. The van der Waals surface area contributed by atoms with Crippen molar-refractivity contribution in [3.63, 3.8) is 0 Å². The van der Waals surface area contributed by atoms with E-state index in [1.54, 1.807) is 7.11 Å². The average Bonchev–Trinajstić information content (AvgIpc) is 2.38. The lowest BCUT2D eigenvalue weighted by molar-refractivity contribution is -0.144. The van der Waals surface area contributed by atoms with E-state index in [0.29, 0.717) is 12.5 Å². The third kappa shape index (κ3) is 3.14. The van der Waals surface area contributed by atoms with E-state index >= 15 is 0 Å². The van der Waals surface area contributed by atoms with Gasteiger partial charge in [0.15, 0.2) is 0 Å². The van der Waals surface area contributed by atoms with Gasteiger partial charge in [0.05, 0.1) is 0 Å². The van der Waals surface area contributed by atoms with E-state index in [-0.39, 0.29) is 0 Å². The van der Waals surface area contributed by atoms with E-state index in [4.69, 9.17) is 4.74 Å². The largest absolute Gasteiger partial charge is 0.480 e. The van der Waals surface area contributed by atoms with E-state index in [0.717, 1.165) is 30.6 Å². The number of hydrogen-bond donors (Lipinski definition) is 1. The van der Waals surface area contributed by atoms with Crippen LogP contribution in [0.15, 0.2) is 24.3 Å². The molecule has 0 spiro atoms. The number of benzene rings is 1. The monoisotopic (exact) mass is 263 g/mol. The minimum absolute atomic E-state index is 0.331. The van der Waals surface area contributed by atoms with Crippen LogP contribution in [0.5, 0.6) is 0 Å². The minimum Gasteiger partial charge on any atom is -0.480 e. The van der Waals surface area contributed by atoms with Crippen LogP contribution < -0.4 is 0 Å². The molecule has 4 nitrogen and oxygen atoms in total. The summed E-state index contributed by atoms with van der Waals surface area (Å²) in [6, 6.07) is 7.32. The molecule has 0 bridgehead atoms. The quantitative estimate of drug-likeness (QED) is 0.882. The van der Waals surface area contributed by atoms with Gasteiger partial charge in [0.2, 0.25) is 0 Å². The van der Waals surface area contributed by atoms with Crippen LogP contribution in [0, 0.1) is 5.92 Å². The maximum Gasteiger partial charge on any atom is 0.325 e. The lowest BCUT2D eigenvalue weighted by Crippen LogP contribution is -2.42. The molecule has 104 valence electrons. The van der Waals surface area contributed by atoms with Gasteiger partial charge in [0.25, 0.3) is 0 Å². The summed E-state index contributed by atoms with van der Waals surface area (Å²) in [5.41, 5.74) is 2.09. The van der Waals surface area contributed by atoms with Crippen molar-refractivity contribution in [2.45, 2.75) is 19.4 Å². The second kappa shape index (κ2) is 6.17. The van der Waals surface area contributed by atoms with E-state index in [1.165, 1.54) is 0 Å².